The molecule has 1 aromatic rings. The van der Waals surface area contributed by atoms with Gasteiger partial charge in [-0.05, 0) is 32.9 Å². The molecule has 0 atom stereocenters. The van der Waals surface area contributed by atoms with Crippen LogP contribution >= 0.6 is 0 Å². The van der Waals surface area contributed by atoms with Crippen molar-refractivity contribution in [1.82, 2.24) is 9.88 Å². The molecule has 0 aliphatic carbocycles. The Labute approximate surface area is 101 Å². The molecule has 0 aliphatic heterocycles. The lowest BCUT2D eigenvalue weighted by atomic mass is 10.1. The number of hydrogen-bond acceptors (Lipinski definition) is 4. The highest BCUT2D eigenvalue weighted by Gasteiger charge is 2.23. The number of aromatic nitrogens is 1. The fourth-order valence-electron chi connectivity index (χ4n) is 1.56. The molecule has 0 saturated heterocycles. The Morgan fingerprint density at radius 3 is 2.71 bits per heavy atom. The van der Waals surface area contributed by atoms with Gasteiger partial charge >= 0.3 is 0 Å². The molecule has 1 amide bonds. The van der Waals surface area contributed by atoms with E-state index in [0.717, 1.165) is 0 Å². The van der Waals surface area contributed by atoms with E-state index in [2.05, 4.69) is 4.98 Å². The normalized spacial score (nSPS) is 11.3. The Hall–Kier alpha value is -1.62. The lowest BCUT2D eigenvalue weighted by Gasteiger charge is -2.28. The van der Waals surface area contributed by atoms with Crippen LogP contribution < -0.4 is 5.73 Å². The van der Waals surface area contributed by atoms with Gasteiger partial charge in [0, 0.05) is 19.3 Å². The Balaban J connectivity index is 2.91. The predicted molar refractivity (Wildman–Crippen MR) is 66.5 cm³/mol. The maximum absolute atomic E-state index is 12.2. The summed E-state index contributed by atoms with van der Waals surface area (Å²) >= 11 is 0. The number of carbonyl (C=O) groups excluding carboxylic acids is 1. The van der Waals surface area contributed by atoms with E-state index in [1.165, 1.54) is 0 Å². The van der Waals surface area contributed by atoms with Crippen molar-refractivity contribution in [2.45, 2.75) is 26.4 Å². The summed E-state index contributed by atoms with van der Waals surface area (Å²) in [5.41, 5.74) is 5.10. The molecule has 5 heteroatoms. The Morgan fingerprint density at radius 1 is 1.59 bits per heavy atom. The molecule has 0 saturated carbocycles. The van der Waals surface area contributed by atoms with Crippen LogP contribution in [0.2, 0.25) is 0 Å². The van der Waals surface area contributed by atoms with Crippen LogP contribution in [0, 0.1) is 0 Å². The highest BCUT2D eigenvalue weighted by atomic mass is 16.3. The third kappa shape index (κ3) is 3.71. The summed E-state index contributed by atoms with van der Waals surface area (Å²) in [5.74, 6) is 0.00641. The van der Waals surface area contributed by atoms with Gasteiger partial charge in [0.25, 0.3) is 5.91 Å². The van der Waals surface area contributed by atoms with Crippen LogP contribution in [0.4, 0.5) is 5.82 Å². The second-order valence-corrected chi connectivity index (χ2v) is 4.57. The average Bonchev–Trinajstić information content (AvgIpc) is 2.24. The second kappa shape index (κ2) is 5.14. The van der Waals surface area contributed by atoms with E-state index in [-0.39, 0.29) is 18.3 Å². The van der Waals surface area contributed by atoms with Crippen molar-refractivity contribution in [3.05, 3.63) is 23.9 Å². The zero-order valence-electron chi connectivity index (χ0n) is 10.5. The van der Waals surface area contributed by atoms with Gasteiger partial charge in [-0.2, -0.15) is 0 Å². The number of nitrogens with zero attached hydrogens (tertiary/aromatic N) is 2. The number of nitrogens with two attached hydrogens (primary N) is 1. The molecule has 0 bridgehead atoms. The third-order valence-corrected chi connectivity index (χ3v) is 2.32. The van der Waals surface area contributed by atoms with Crippen molar-refractivity contribution < 1.29 is 9.90 Å². The van der Waals surface area contributed by atoms with Crippen LogP contribution in [0.3, 0.4) is 0 Å². The van der Waals surface area contributed by atoms with E-state index in [9.17, 15) is 9.90 Å². The van der Waals surface area contributed by atoms with Gasteiger partial charge in [-0.25, -0.2) is 4.98 Å². The van der Waals surface area contributed by atoms with Crippen LogP contribution in [-0.4, -0.2) is 39.6 Å². The lowest BCUT2D eigenvalue weighted by molar-refractivity contribution is 0.0315. The largest absolute Gasteiger partial charge is 0.389 e. The molecule has 5 nitrogen and oxygen atoms in total. The fourth-order valence-corrected chi connectivity index (χ4v) is 1.56. The Morgan fingerprint density at radius 2 is 2.24 bits per heavy atom. The van der Waals surface area contributed by atoms with Crippen molar-refractivity contribution in [3.8, 4) is 0 Å². The van der Waals surface area contributed by atoms with Crippen LogP contribution in [0.1, 0.15) is 31.1 Å². The summed E-state index contributed by atoms with van der Waals surface area (Å²) in [6, 6.07) is 3.30. The van der Waals surface area contributed by atoms with Crippen LogP contribution in [-0.2, 0) is 0 Å². The summed E-state index contributed by atoms with van der Waals surface area (Å²) in [6.07, 6.45) is 1.54. The molecule has 0 aromatic carbocycles. The second-order valence-electron chi connectivity index (χ2n) is 4.57. The highest BCUT2D eigenvalue weighted by molar-refractivity contribution is 5.98. The molecule has 1 aromatic heterocycles. The third-order valence-electron chi connectivity index (χ3n) is 2.32. The number of hydrogen-bond donors (Lipinski definition) is 2. The predicted octanol–water partition coefficient (Wildman–Crippen LogP) is 0.897. The molecule has 0 unspecified atom stereocenters. The van der Waals surface area contributed by atoms with E-state index >= 15 is 0 Å². The van der Waals surface area contributed by atoms with E-state index in [1.807, 2.05) is 6.92 Å². The first-order valence-corrected chi connectivity index (χ1v) is 5.57. The number of likely N-dealkylation sites (N-methyl/N-ethyl adjacent to an activating group) is 1. The summed E-state index contributed by atoms with van der Waals surface area (Å²) < 4.78 is 0. The van der Waals surface area contributed by atoms with Gasteiger partial charge in [0.05, 0.1) is 11.2 Å². The van der Waals surface area contributed by atoms with Gasteiger partial charge in [-0.3, -0.25) is 4.79 Å². The number of pyridine rings is 1. The number of anilines is 1. The van der Waals surface area contributed by atoms with Crippen LogP contribution in [0.5, 0.6) is 0 Å². The van der Waals surface area contributed by atoms with E-state index in [0.29, 0.717) is 12.1 Å². The first-order valence-electron chi connectivity index (χ1n) is 5.57. The van der Waals surface area contributed by atoms with Gasteiger partial charge < -0.3 is 15.7 Å². The lowest BCUT2D eigenvalue weighted by Crippen LogP contribution is -2.42. The number of aliphatic hydroxyl groups is 1. The van der Waals surface area contributed by atoms with Gasteiger partial charge in [-0.1, -0.05) is 0 Å². The number of amides is 1. The molecule has 0 radical (unpaired) electrons. The van der Waals surface area contributed by atoms with Gasteiger partial charge in [0.1, 0.15) is 5.82 Å². The van der Waals surface area contributed by atoms with Gasteiger partial charge in [0.2, 0.25) is 0 Å². The number of nitrogen functional groups attached to an aromatic ring is 1. The molecule has 1 heterocycles. The maximum Gasteiger partial charge on any atom is 0.257 e. The molecule has 94 valence electrons. The van der Waals surface area contributed by atoms with Gasteiger partial charge in [0.15, 0.2) is 0 Å². The maximum atomic E-state index is 12.2. The molecule has 0 spiro atoms. The van der Waals surface area contributed by atoms with Crippen molar-refractivity contribution in [3.63, 3.8) is 0 Å². The first-order chi connectivity index (χ1) is 7.85. The number of rotatable bonds is 4. The Bertz CT molecular complexity index is 399. The van der Waals surface area contributed by atoms with Crippen LogP contribution in [0.25, 0.3) is 0 Å². The van der Waals surface area contributed by atoms with Crippen molar-refractivity contribution >= 4 is 11.7 Å². The Kier molecular flexibility index (Phi) is 4.07. The smallest absolute Gasteiger partial charge is 0.257 e. The molecule has 0 aliphatic rings. The summed E-state index contributed by atoms with van der Waals surface area (Å²) in [7, 11) is 0. The van der Waals surface area contributed by atoms with Crippen molar-refractivity contribution in [2.24, 2.45) is 0 Å². The molecular formula is C12H19N3O2. The molecule has 0 fully saturated rings. The average molecular weight is 237 g/mol. The minimum absolute atomic E-state index is 0.208. The summed E-state index contributed by atoms with van der Waals surface area (Å²) in [4.78, 5) is 17.6. The summed E-state index contributed by atoms with van der Waals surface area (Å²) in [5, 5.41) is 9.74. The molecular weight excluding hydrogens is 218 g/mol. The van der Waals surface area contributed by atoms with E-state index in [4.69, 9.17) is 5.73 Å². The monoisotopic (exact) mass is 237 g/mol. The topological polar surface area (TPSA) is 79.5 Å². The van der Waals surface area contributed by atoms with E-state index < -0.39 is 5.60 Å². The zero-order valence-corrected chi connectivity index (χ0v) is 10.5. The van der Waals surface area contributed by atoms with E-state index in [1.54, 1.807) is 37.1 Å². The number of carbonyl (C=O) groups is 1. The summed E-state index contributed by atoms with van der Waals surface area (Å²) in [6.45, 7) is 5.95. The molecule has 3 N–H and O–H groups in total. The minimum atomic E-state index is -0.928. The zero-order chi connectivity index (χ0) is 13.1. The van der Waals surface area contributed by atoms with Gasteiger partial charge in [-0.15, -0.1) is 0 Å². The SMILES string of the molecule is CCN(CC(C)(C)O)C(=O)c1cccnc1N. The van der Waals surface area contributed by atoms with Crippen molar-refractivity contribution in [2.75, 3.05) is 18.8 Å². The molecule has 17 heavy (non-hydrogen) atoms. The van der Waals surface area contributed by atoms with Crippen LogP contribution in [0.15, 0.2) is 18.3 Å². The minimum Gasteiger partial charge on any atom is -0.389 e. The molecule has 1 rings (SSSR count). The quantitative estimate of drug-likeness (QED) is 0.815. The van der Waals surface area contributed by atoms with Crippen molar-refractivity contribution in [1.29, 1.82) is 0 Å². The first kappa shape index (κ1) is 13.4. The standard InChI is InChI=1S/C12H19N3O2/c1-4-15(8-12(2,3)17)11(16)9-6-5-7-14-10(9)13/h5-7,17H,4,8H2,1-3H3,(H2,13,14). The highest BCUT2D eigenvalue weighted by Crippen LogP contribution is 2.13. The fraction of sp³-hybridized carbons (Fsp3) is 0.500.